The van der Waals surface area contributed by atoms with Gasteiger partial charge in [-0.1, -0.05) is 28.9 Å². The third kappa shape index (κ3) is 6.06. The lowest BCUT2D eigenvalue weighted by Gasteiger charge is -2.21. The Hall–Kier alpha value is -5.68. The lowest BCUT2D eigenvalue weighted by atomic mass is 9.66. The predicted molar refractivity (Wildman–Crippen MR) is 186 cm³/mol. The van der Waals surface area contributed by atoms with Crippen molar-refractivity contribution in [3.63, 3.8) is 0 Å². The topological polar surface area (TPSA) is 138 Å². The number of carbonyl (C=O) groups is 1. The molecule has 11 nitrogen and oxygen atoms in total. The number of nitrogens with two attached hydrogens (primary N) is 1. The lowest BCUT2D eigenvalue weighted by molar-refractivity contribution is 0.0939. The van der Waals surface area contributed by atoms with E-state index in [1.165, 1.54) is 4.52 Å². The summed E-state index contributed by atoms with van der Waals surface area (Å²) in [6.07, 6.45) is 10.7. The van der Waals surface area contributed by atoms with Crippen molar-refractivity contribution in [3.05, 3.63) is 104 Å². The number of hydrogen-bond acceptors (Lipinski definition) is 7. The molecular weight excluding hydrogens is 562 g/mol. The summed E-state index contributed by atoms with van der Waals surface area (Å²) < 4.78 is 4.68. The molecule has 0 radical (unpaired) electrons. The summed E-state index contributed by atoms with van der Waals surface area (Å²) in [6.45, 7) is 1.97. The van der Waals surface area contributed by atoms with Crippen molar-refractivity contribution in [2.45, 2.75) is 19.5 Å². The normalized spacial score (nSPS) is 12.9. The van der Waals surface area contributed by atoms with Crippen molar-refractivity contribution < 1.29 is 4.79 Å². The third-order valence-electron chi connectivity index (χ3n) is 7.81. The zero-order chi connectivity index (χ0) is 32.4. The summed E-state index contributed by atoms with van der Waals surface area (Å²) in [6, 6.07) is 8.13. The number of nitrogens with zero attached hydrogens (tertiary/aromatic N) is 7. The Labute approximate surface area is 263 Å². The number of carbonyl (C=O) groups excluding carboxylic acids is 1. The molecule has 0 bridgehead atoms. The fourth-order valence-corrected chi connectivity index (χ4v) is 5.00. The third-order valence-corrected chi connectivity index (χ3v) is 7.81. The number of allylic oxidation sites excluding steroid dienone is 4. The van der Waals surface area contributed by atoms with Gasteiger partial charge in [0.1, 0.15) is 48.5 Å². The number of nitrogen functional groups attached to an aromatic ring is 1. The Kier molecular flexibility index (Phi) is 8.55. The van der Waals surface area contributed by atoms with Crippen molar-refractivity contribution in [1.29, 1.82) is 0 Å². The molecule has 3 N–H and O–H groups in total. The van der Waals surface area contributed by atoms with Crippen LogP contribution in [0.3, 0.4) is 0 Å². The zero-order valence-corrected chi connectivity index (χ0v) is 26.0. The highest BCUT2D eigenvalue weighted by Gasteiger charge is 2.24. The van der Waals surface area contributed by atoms with Crippen molar-refractivity contribution in [3.8, 4) is 24.2 Å². The van der Waals surface area contributed by atoms with Crippen LogP contribution in [0.4, 0.5) is 5.82 Å². The second kappa shape index (κ2) is 12.5. The van der Waals surface area contributed by atoms with Crippen LogP contribution in [0, 0.1) is 24.2 Å². The molecule has 0 spiro atoms. The Balaban J connectivity index is 1.65. The molecule has 0 saturated carbocycles. The summed E-state index contributed by atoms with van der Waals surface area (Å²) >= 11 is 0. The van der Waals surface area contributed by atoms with E-state index in [0.717, 1.165) is 21.9 Å². The Morgan fingerprint density at radius 1 is 1.09 bits per heavy atom. The second-order valence-electron chi connectivity index (χ2n) is 10.8. The molecule has 1 unspecified atom stereocenters. The van der Waals surface area contributed by atoms with Crippen LogP contribution >= 0.6 is 0 Å². The fraction of sp³-hybridized carbons (Fsp3) is 0.133. The standard InChI is InChI=1S/C30H29B4N9O2/c1-4-19(31)24(33)25(34)20(32)15-42-27(16(2)37-29(44)23-26(35)40-43-13-6-12-36-28(23)43)38-21-8-5-7-17(22(21)30(42)45)9-10-18-11-14-41(3)39-18/h1,5-8,11-14,16H,15,31-34H2,2-3H3,(H2,35,40)(H,37,44)/b24-19-,25-20-. The molecule has 0 aliphatic heterocycles. The number of aromatic nitrogens is 7. The van der Waals surface area contributed by atoms with E-state index in [2.05, 4.69) is 38.3 Å². The number of amides is 1. The number of fused-ring (bicyclic) bond motifs is 2. The quantitative estimate of drug-likeness (QED) is 0.136. The minimum atomic E-state index is -0.701. The molecule has 4 aromatic heterocycles. The van der Waals surface area contributed by atoms with Crippen molar-refractivity contribution >= 4 is 59.7 Å². The predicted octanol–water partition coefficient (Wildman–Crippen LogP) is -1.77. The molecule has 1 amide bonds. The largest absolute Gasteiger partial charge is 0.381 e. The van der Waals surface area contributed by atoms with Crippen LogP contribution in [0.25, 0.3) is 16.6 Å². The molecule has 0 fully saturated rings. The number of rotatable bonds is 6. The average molecular weight is 591 g/mol. The highest BCUT2D eigenvalue weighted by atomic mass is 16.2. The first-order valence-corrected chi connectivity index (χ1v) is 14.3. The number of benzene rings is 1. The summed E-state index contributed by atoms with van der Waals surface area (Å²) in [5.74, 6) is 8.75. The van der Waals surface area contributed by atoms with Gasteiger partial charge < -0.3 is 11.1 Å². The van der Waals surface area contributed by atoms with Gasteiger partial charge in [-0.25, -0.2) is 14.5 Å². The minimum absolute atomic E-state index is 0.0407. The highest BCUT2D eigenvalue weighted by molar-refractivity contribution is 6.44. The van der Waals surface area contributed by atoms with Crippen LogP contribution in [0.1, 0.15) is 40.4 Å². The molecule has 1 aromatic carbocycles. The lowest BCUT2D eigenvalue weighted by Crippen LogP contribution is -2.35. The van der Waals surface area contributed by atoms with Gasteiger partial charge in [0.15, 0.2) is 11.5 Å². The number of anilines is 1. The molecular formula is C30H29B4N9O2. The van der Waals surface area contributed by atoms with Gasteiger partial charge >= 0.3 is 0 Å². The maximum Gasteiger partial charge on any atom is 0.262 e. The molecule has 218 valence electrons. The molecule has 0 aliphatic rings. The molecule has 5 rings (SSSR count). The van der Waals surface area contributed by atoms with Gasteiger partial charge in [-0.05, 0) is 42.6 Å². The summed E-state index contributed by atoms with van der Waals surface area (Å²) in [5.41, 5.74) is 11.5. The van der Waals surface area contributed by atoms with Gasteiger partial charge in [0.05, 0.1) is 16.9 Å². The van der Waals surface area contributed by atoms with E-state index in [1.807, 2.05) is 38.4 Å². The van der Waals surface area contributed by atoms with E-state index >= 15 is 0 Å². The minimum Gasteiger partial charge on any atom is -0.381 e. The van der Waals surface area contributed by atoms with E-state index in [-0.39, 0.29) is 23.5 Å². The first-order valence-electron chi connectivity index (χ1n) is 14.3. The average Bonchev–Trinajstić information content (AvgIpc) is 3.60. The van der Waals surface area contributed by atoms with Crippen LogP contribution < -0.4 is 16.6 Å². The van der Waals surface area contributed by atoms with Crippen LogP contribution in [0.15, 0.2) is 75.6 Å². The van der Waals surface area contributed by atoms with Gasteiger partial charge in [-0.2, -0.15) is 5.10 Å². The monoisotopic (exact) mass is 591 g/mol. The van der Waals surface area contributed by atoms with E-state index in [9.17, 15) is 9.59 Å². The van der Waals surface area contributed by atoms with Crippen LogP contribution in [-0.2, 0) is 13.6 Å². The number of terminal acetylenes is 1. The maximum atomic E-state index is 14.4. The van der Waals surface area contributed by atoms with E-state index in [0.29, 0.717) is 33.6 Å². The smallest absolute Gasteiger partial charge is 0.262 e. The molecule has 5 aromatic rings. The molecule has 0 aliphatic carbocycles. The molecule has 15 heteroatoms. The number of hydrogen-bond donors (Lipinski definition) is 2. The van der Waals surface area contributed by atoms with Gasteiger partial charge in [0.25, 0.3) is 11.5 Å². The zero-order valence-electron chi connectivity index (χ0n) is 26.0. The summed E-state index contributed by atoms with van der Waals surface area (Å²) in [7, 11) is 9.57. The van der Waals surface area contributed by atoms with E-state index in [1.54, 1.807) is 65.1 Å². The molecule has 4 heterocycles. The Bertz CT molecular complexity index is 2230. The number of aryl methyl sites for hydroxylation is 1. The summed E-state index contributed by atoms with van der Waals surface area (Å²) in [5, 5.41) is 11.8. The van der Waals surface area contributed by atoms with Crippen LogP contribution in [-0.4, -0.2) is 71.2 Å². The Morgan fingerprint density at radius 3 is 2.58 bits per heavy atom. The van der Waals surface area contributed by atoms with Crippen LogP contribution in [0.5, 0.6) is 0 Å². The fourth-order valence-electron chi connectivity index (χ4n) is 5.00. The van der Waals surface area contributed by atoms with Crippen molar-refractivity contribution in [2.24, 2.45) is 7.05 Å². The SMILES string of the molecule is B/C(C#C)=C(B)/C(B)=C(/B)Cn1c(C(C)NC(=O)c2c(N)nn3cccnc23)nc2cccc(C#Cc3ccn(C)n3)c2c1=O. The second-order valence-corrected chi connectivity index (χ2v) is 10.8. The van der Waals surface area contributed by atoms with Crippen molar-refractivity contribution in [2.75, 3.05) is 5.73 Å². The Morgan fingerprint density at radius 2 is 1.87 bits per heavy atom. The summed E-state index contributed by atoms with van der Waals surface area (Å²) in [4.78, 5) is 37.1. The van der Waals surface area contributed by atoms with Crippen LogP contribution in [0.2, 0.25) is 0 Å². The van der Waals surface area contributed by atoms with Gasteiger partial charge in [-0.3, -0.25) is 18.8 Å². The number of nitrogens with one attached hydrogen (secondary N) is 1. The molecule has 0 saturated heterocycles. The first kappa shape index (κ1) is 30.8. The molecule has 1 atom stereocenters. The molecule has 45 heavy (non-hydrogen) atoms. The van der Waals surface area contributed by atoms with Gasteiger partial charge in [-0.15, -0.1) is 17.0 Å². The van der Waals surface area contributed by atoms with Gasteiger partial charge in [0.2, 0.25) is 0 Å². The highest BCUT2D eigenvalue weighted by Crippen LogP contribution is 2.21. The first-order chi connectivity index (χ1) is 21.5. The van der Waals surface area contributed by atoms with E-state index < -0.39 is 11.9 Å². The van der Waals surface area contributed by atoms with Crippen molar-refractivity contribution in [1.82, 2.24) is 39.2 Å². The van der Waals surface area contributed by atoms with Gasteiger partial charge in [0, 0.05) is 37.7 Å². The maximum absolute atomic E-state index is 14.4. The van der Waals surface area contributed by atoms with E-state index in [4.69, 9.17) is 17.1 Å².